The Morgan fingerprint density at radius 3 is 2.37 bits per heavy atom. The molecule has 0 bridgehead atoms. The summed E-state index contributed by atoms with van der Waals surface area (Å²) >= 11 is 6.63. The molecule has 3 rings (SSSR count). The number of rotatable bonds is 4. The summed E-state index contributed by atoms with van der Waals surface area (Å²) in [6.07, 6.45) is 1.32. The van der Waals surface area contributed by atoms with Crippen molar-refractivity contribution < 1.29 is 18.0 Å². The zero-order chi connectivity index (χ0) is 21.9. The van der Waals surface area contributed by atoms with E-state index in [1.807, 2.05) is 6.07 Å². The van der Waals surface area contributed by atoms with E-state index in [9.17, 15) is 23.2 Å². The van der Waals surface area contributed by atoms with Crippen molar-refractivity contribution in [2.24, 2.45) is 0 Å². The van der Waals surface area contributed by atoms with Crippen LogP contribution < -0.4 is 5.32 Å². The molecule has 30 heavy (non-hydrogen) atoms. The second-order valence-electron chi connectivity index (χ2n) is 7.01. The predicted molar refractivity (Wildman–Crippen MR) is 113 cm³/mol. The molecule has 156 valence electrons. The van der Waals surface area contributed by atoms with Crippen LogP contribution in [0.4, 0.5) is 13.2 Å². The highest BCUT2D eigenvalue weighted by molar-refractivity contribution is 9.11. The first-order chi connectivity index (χ1) is 14.1. The minimum atomic E-state index is -4.42. The van der Waals surface area contributed by atoms with Crippen molar-refractivity contribution in [2.75, 3.05) is 0 Å². The summed E-state index contributed by atoms with van der Waals surface area (Å²) in [7, 11) is 0. The van der Waals surface area contributed by atoms with E-state index < -0.39 is 23.2 Å². The fraction of sp³-hybridized carbons (Fsp3) is 0.286. The van der Waals surface area contributed by atoms with Gasteiger partial charge in [0.15, 0.2) is 0 Å². The number of benzene rings is 1. The summed E-state index contributed by atoms with van der Waals surface area (Å²) in [5, 5.41) is 12.4. The van der Waals surface area contributed by atoms with Gasteiger partial charge in [-0.2, -0.15) is 18.4 Å². The van der Waals surface area contributed by atoms with E-state index in [0.717, 1.165) is 29.4 Å². The van der Waals surface area contributed by atoms with Crippen molar-refractivity contribution >= 4 is 43.8 Å². The average Bonchev–Trinajstić information content (AvgIpc) is 3.16. The Morgan fingerprint density at radius 1 is 1.20 bits per heavy atom. The van der Waals surface area contributed by atoms with E-state index >= 15 is 0 Å². The highest BCUT2D eigenvalue weighted by Crippen LogP contribution is 2.40. The van der Waals surface area contributed by atoms with E-state index in [1.165, 1.54) is 18.2 Å². The SMILES string of the molecule is N#CC(=Cc1ncc(Br)cc1Br)C(=O)NC1(c2ccc(C(F)(F)F)cc2)CCCC1. The summed E-state index contributed by atoms with van der Waals surface area (Å²) in [6, 6.07) is 8.47. The number of nitrogens with one attached hydrogen (secondary N) is 1. The predicted octanol–water partition coefficient (Wildman–Crippen LogP) is 6.12. The monoisotopic (exact) mass is 541 g/mol. The van der Waals surface area contributed by atoms with Gasteiger partial charge >= 0.3 is 6.18 Å². The lowest BCUT2D eigenvalue weighted by Crippen LogP contribution is -2.44. The first-order valence-electron chi connectivity index (χ1n) is 9.08. The molecule has 4 nitrogen and oxygen atoms in total. The van der Waals surface area contributed by atoms with Crippen molar-refractivity contribution in [1.29, 1.82) is 5.26 Å². The number of pyridine rings is 1. The maximum Gasteiger partial charge on any atom is 0.416 e. The Labute approximate surface area is 188 Å². The number of hydrogen-bond acceptors (Lipinski definition) is 3. The lowest BCUT2D eigenvalue weighted by molar-refractivity contribution is -0.137. The molecule has 1 amide bonds. The quantitative estimate of drug-likeness (QED) is 0.374. The molecule has 1 fully saturated rings. The maximum absolute atomic E-state index is 12.9. The molecule has 0 spiro atoms. The first-order valence-corrected chi connectivity index (χ1v) is 10.7. The van der Waals surface area contributed by atoms with Gasteiger partial charge < -0.3 is 5.32 Å². The van der Waals surface area contributed by atoms with Crippen LogP contribution in [0.15, 0.2) is 51.0 Å². The molecule has 1 aromatic carbocycles. The number of carbonyl (C=O) groups is 1. The zero-order valence-corrected chi connectivity index (χ0v) is 18.7. The van der Waals surface area contributed by atoms with Gasteiger partial charge in [-0.05, 0) is 74.5 Å². The summed E-state index contributed by atoms with van der Waals surface area (Å²) < 4.78 is 40.0. The Hall–Kier alpha value is -2.18. The second kappa shape index (κ2) is 8.90. The Kier molecular flexibility index (Phi) is 6.68. The molecule has 0 saturated heterocycles. The summed E-state index contributed by atoms with van der Waals surface area (Å²) in [5.74, 6) is -0.587. The third-order valence-electron chi connectivity index (χ3n) is 5.06. The molecule has 2 aromatic rings. The Morgan fingerprint density at radius 2 is 1.83 bits per heavy atom. The van der Waals surface area contributed by atoms with E-state index in [2.05, 4.69) is 42.2 Å². The van der Waals surface area contributed by atoms with Crippen molar-refractivity contribution in [3.8, 4) is 6.07 Å². The average molecular weight is 543 g/mol. The number of hydrogen-bond donors (Lipinski definition) is 1. The van der Waals surface area contributed by atoms with Crippen LogP contribution in [0, 0.1) is 11.3 Å². The molecule has 1 N–H and O–H groups in total. The second-order valence-corrected chi connectivity index (χ2v) is 8.78. The fourth-order valence-corrected chi connectivity index (χ4v) is 4.65. The van der Waals surface area contributed by atoms with Gasteiger partial charge in [0, 0.05) is 15.1 Å². The molecule has 1 aliphatic carbocycles. The number of alkyl halides is 3. The van der Waals surface area contributed by atoms with Gasteiger partial charge in [-0.1, -0.05) is 25.0 Å². The molecule has 1 saturated carbocycles. The molecule has 0 atom stereocenters. The third kappa shape index (κ3) is 4.93. The third-order valence-corrected chi connectivity index (χ3v) is 6.13. The maximum atomic E-state index is 12.9. The molecule has 0 aliphatic heterocycles. The Balaban J connectivity index is 1.89. The molecular weight excluding hydrogens is 527 g/mol. The van der Waals surface area contributed by atoms with Crippen LogP contribution in [0.25, 0.3) is 6.08 Å². The highest BCUT2D eigenvalue weighted by atomic mass is 79.9. The van der Waals surface area contributed by atoms with E-state index in [1.54, 1.807) is 12.3 Å². The van der Waals surface area contributed by atoms with E-state index in [0.29, 0.717) is 28.6 Å². The summed E-state index contributed by atoms with van der Waals surface area (Å²) in [6.45, 7) is 0. The number of halogens is 5. The lowest BCUT2D eigenvalue weighted by Gasteiger charge is -2.31. The van der Waals surface area contributed by atoms with Crippen LogP contribution in [-0.2, 0) is 16.5 Å². The van der Waals surface area contributed by atoms with Crippen LogP contribution >= 0.6 is 31.9 Å². The van der Waals surface area contributed by atoms with Crippen molar-refractivity contribution in [3.05, 3.63) is 67.9 Å². The topological polar surface area (TPSA) is 65.8 Å². The Bertz CT molecular complexity index is 1020. The lowest BCUT2D eigenvalue weighted by atomic mass is 9.87. The smallest absolute Gasteiger partial charge is 0.342 e. The number of carbonyl (C=O) groups excluding carboxylic acids is 1. The summed E-state index contributed by atoms with van der Waals surface area (Å²) in [4.78, 5) is 17.1. The summed E-state index contributed by atoms with van der Waals surface area (Å²) in [5.41, 5.74) is -0.665. The number of aromatic nitrogens is 1. The van der Waals surface area contributed by atoms with Gasteiger partial charge in [0.05, 0.1) is 16.8 Å². The first kappa shape index (κ1) is 22.5. The minimum absolute atomic E-state index is 0.135. The van der Waals surface area contributed by atoms with Crippen LogP contribution in [0.2, 0.25) is 0 Å². The molecule has 1 heterocycles. The van der Waals surface area contributed by atoms with Crippen LogP contribution in [-0.4, -0.2) is 10.9 Å². The minimum Gasteiger partial charge on any atom is -0.342 e. The zero-order valence-electron chi connectivity index (χ0n) is 15.6. The molecular formula is C21H16Br2F3N3O. The van der Waals surface area contributed by atoms with Crippen molar-refractivity contribution in [1.82, 2.24) is 10.3 Å². The normalized spacial score (nSPS) is 16.2. The molecule has 1 aromatic heterocycles. The number of nitriles is 1. The molecule has 1 aliphatic rings. The van der Waals surface area contributed by atoms with Crippen LogP contribution in [0.3, 0.4) is 0 Å². The van der Waals surface area contributed by atoms with Crippen LogP contribution in [0.5, 0.6) is 0 Å². The van der Waals surface area contributed by atoms with E-state index in [-0.39, 0.29) is 5.57 Å². The van der Waals surface area contributed by atoms with E-state index in [4.69, 9.17) is 0 Å². The van der Waals surface area contributed by atoms with Gasteiger partial charge in [-0.3, -0.25) is 9.78 Å². The number of nitrogens with zero attached hydrogens (tertiary/aromatic N) is 2. The standard InChI is InChI=1S/C21H16Br2F3N3O/c22-16-10-17(23)18(28-12-16)9-13(11-27)19(30)29-20(7-1-2-8-20)14-3-5-15(6-4-14)21(24,25)26/h3-6,9-10,12H,1-2,7-8H2,(H,29,30). The van der Waals surface area contributed by atoms with Gasteiger partial charge in [0.25, 0.3) is 5.91 Å². The molecule has 0 radical (unpaired) electrons. The fourth-order valence-electron chi connectivity index (χ4n) is 3.54. The highest BCUT2D eigenvalue weighted by Gasteiger charge is 2.38. The van der Waals surface area contributed by atoms with Gasteiger partial charge in [0.1, 0.15) is 11.6 Å². The largest absolute Gasteiger partial charge is 0.416 e. The van der Waals surface area contributed by atoms with Crippen LogP contribution in [0.1, 0.15) is 42.5 Å². The van der Waals surface area contributed by atoms with Crippen molar-refractivity contribution in [2.45, 2.75) is 37.4 Å². The van der Waals surface area contributed by atoms with Gasteiger partial charge in [0.2, 0.25) is 0 Å². The van der Waals surface area contributed by atoms with Gasteiger partial charge in [-0.25, -0.2) is 0 Å². The molecule has 0 unspecified atom stereocenters. The number of amides is 1. The van der Waals surface area contributed by atoms with Crippen molar-refractivity contribution in [3.63, 3.8) is 0 Å². The molecule has 9 heteroatoms. The van der Waals surface area contributed by atoms with Gasteiger partial charge in [-0.15, -0.1) is 0 Å².